The van der Waals surface area contributed by atoms with E-state index in [1.807, 2.05) is 0 Å². The summed E-state index contributed by atoms with van der Waals surface area (Å²) in [5.41, 5.74) is -1.17. The molecule has 0 N–H and O–H groups in total. The number of halogens is 4. The number of hydrogen-bond acceptors (Lipinski definition) is 3. The number of benzene rings is 3. The Kier molecular flexibility index (Phi) is 4.90. The van der Waals surface area contributed by atoms with Crippen LogP contribution in [0.5, 0.6) is 5.75 Å². The molecule has 0 saturated heterocycles. The summed E-state index contributed by atoms with van der Waals surface area (Å²) in [5.74, 6) is -4.21. The topological polar surface area (TPSA) is 50.1 Å². The van der Waals surface area contributed by atoms with Gasteiger partial charge >= 0.3 is 0 Å². The molecule has 0 bridgehead atoms. The monoisotopic (exact) mass is 371 g/mol. The van der Waals surface area contributed by atoms with Gasteiger partial charge < -0.3 is 4.74 Å². The molecule has 3 aromatic carbocycles. The summed E-state index contributed by atoms with van der Waals surface area (Å²) in [6.07, 6.45) is 0. The lowest BCUT2D eigenvalue weighted by atomic mass is 9.97. The van der Waals surface area contributed by atoms with Gasteiger partial charge in [0.1, 0.15) is 40.7 Å². The highest BCUT2D eigenvalue weighted by atomic mass is 19.1. The van der Waals surface area contributed by atoms with E-state index in [0.717, 1.165) is 12.1 Å². The number of carbonyl (C=O) groups is 1. The Morgan fingerprint density at radius 1 is 0.778 bits per heavy atom. The van der Waals surface area contributed by atoms with Gasteiger partial charge in [-0.05, 0) is 53.1 Å². The predicted octanol–water partition coefficient (Wildman–Crippen LogP) is 4.98. The van der Waals surface area contributed by atoms with Crippen LogP contribution in [0.3, 0.4) is 0 Å². The van der Waals surface area contributed by atoms with E-state index < -0.39 is 34.4 Å². The van der Waals surface area contributed by atoms with Crippen molar-refractivity contribution in [3.05, 3.63) is 77.4 Å². The van der Waals surface area contributed by atoms with Crippen LogP contribution in [0.25, 0.3) is 22.3 Å². The summed E-state index contributed by atoms with van der Waals surface area (Å²) in [6.45, 7) is 0.249. The Labute approximate surface area is 151 Å². The molecular weight excluding hydrogens is 362 g/mol. The van der Waals surface area contributed by atoms with E-state index in [1.54, 1.807) is 0 Å². The first-order chi connectivity index (χ1) is 12.9. The van der Waals surface area contributed by atoms with Crippen LogP contribution in [0.4, 0.5) is 17.6 Å². The number of carbonyl (C=O) groups excluding carboxylic acids is 1. The third-order valence-corrected chi connectivity index (χ3v) is 3.86. The molecule has 3 rings (SSSR count). The van der Waals surface area contributed by atoms with Crippen molar-refractivity contribution in [2.24, 2.45) is 0 Å². The molecule has 0 amide bonds. The number of rotatable bonds is 4. The number of nitrogens with zero attached hydrogens (tertiary/aromatic N) is 1. The van der Waals surface area contributed by atoms with Crippen molar-refractivity contribution in [1.82, 2.24) is 0 Å². The minimum absolute atomic E-state index is 0.181. The van der Waals surface area contributed by atoms with Crippen molar-refractivity contribution in [2.75, 3.05) is 0 Å². The normalized spacial score (nSPS) is 10.3. The van der Waals surface area contributed by atoms with Gasteiger partial charge in [0, 0.05) is 0 Å². The summed E-state index contributed by atoms with van der Waals surface area (Å²) in [4.78, 5) is 10.3. The molecule has 0 saturated carbocycles. The zero-order valence-electron chi connectivity index (χ0n) is 13.5. The highest BCUT2D eigenvalue weighted by molar-refractivity contribution is 5.72. The minimum atomic E-state index is -1.21. The highest BCUT2D eigenvalue weighted by Gasteiger charge is 2.18. The van der Waals surface area contributed by atoms with Gasteiger partial charge in [0.05, 0.1) is 5.56 Å². The van der Waals surface area contributed by atoms with E-state index in [9.17, 15) is 22.4 Å². The van der Waals surface area contributed by atoms with Crippen LogP contribution >= 0.6 is 0 Å². The molecule has 0 radical (unpaired) electrons. The first-order valence-corrected chi connectivity index (χ1v) is 7.54. The van der Waals surface area contributed by atoms with Crippen molar-refractivity contribution < 1.29 is 27.1 Å². The first kappa shape index (κ1) is 18.1. The molecule has 3 aromatic rings. The fraction of sp³-hybridized carbons (Fsp3) is 0. The van der Waals surface area contributed by atoms with Crippen LogP contribution < -0.4 is 4.74 Å². The molecule has 27 heavy (non-hydrogen) atoms. The fourth-order valence-electron chi connectivity index (χ4n) is 2.62. The van der Waals surface area contributed by atoms with Gasteiger partial charge in [0.2, 0.25) is 0 Å². The van der Waals surface area contributed by atoms with Crippen molar-refractivity contribution in [2.45, 2.75) is 0 Å². The predicted molar refractivity (Wildman–Crippen MR) is 88.6 cm³/mol. The van der Waals surface area contributed by atoms with Crippen molar-refractivity contribution in [3.8, 4) is 34.1 Å². The largest absolute Gasteiger partial charge is 0.429 e. The van der Waals surface area contributed by atoms with Crippen molar-refractivity contribution in [3.63, 3.8) is 0 Å². The molecule has 0 aliphatic carbocycles. The number of hydrogen-bond donors (Lipinski definition) is 0. The molecule has 0 aromatic heterocycles. The quantitative estimate of drug-likeness (QED) is 0.480. The molecule has 0 aliphatic rings. The van der Waals surface area contributed by atoms with Gasteiger partial charge in [0.25, 0.3) is 6.47 Å². The molecule has 0 aliphatic heterocycles. The maximum absolute atomic E-state index is 14.5. The van der Waals surface area contributed by atoms with E-state index in [4.69, 9.17) is 5.26 Å². The third kappa shape index (κ3) is 3.51. The highest BCUT2D eigenvalue weighted by Crippen LogP contribution is 2.33. The van der Waals surface area contributed by atoms with Crippen LogP contribution in [0, 0.1) is 34.6 Å². The Bertz CT molecular complexity index is 1030. The standard InChI is InChI=1S/C20H9F4NO2/c21-16-7-13(8-17(22)15(16)9-25)20-18(23)5-12(6-19(20)24)11-1-3-14(4-2-11)27-10-26/h1-8,10H. The Hall–Kier alpha value is -3.66. The van der Waals surface area contributed by atoms with Crippen LogP contribution in [-0.4, -0.2) is 6.47 Å². The molecule has 0 atom stereocenters. The summed E-state index contributed by atoms with van der Waals surface area (Å²) in [5, 5.41) is 8.68. The summed E-state index contributed by atoms with van der Waals surface area (Å²) < 4.78 is 61.2. The van der Waals surface area contributed by atoms with Crippen LogP contribution in [0.15, 0.2) is 48.5 Å². The SMILES string of the molecule is N#Cc1c(F)cc(-c2c(F)cc(-c3ccc(OC=O)cc3)cc2F)cc1F. The smallest absolute Gasteiger partial charge is 0.298 e. The average Bonchev–Trinajstić information content (AvgIpc) is 2.62. The first-order valence-electron chi connectivity index (χ1n) is 7.54. The fourth-order valence-corrected chi connectivity index (χ4v) is 2.62. The van der Waals surface area contributed by atoms with Crippen LogP contribution in [-0.2, 0) is 4.79 Å². The third-order valence-electron chi connectivity index (χ3n) is 3.86. The van der Waals surface area contributed by atoms with Gasteiger partial charge in [-0.1, -0.05) is 12.1 Å². The molecule has 3 nitrogen and oxygen atoms in total. The lowest BCUT2D eigenvalue weighted by molar-refractivity contribution is -0.120. The van der Waals surface area contributed by atoms with Gasteiger partial charge in [0.15, 0.2) is 0 Å². The average molecular weight is 371 g/mol. The molecule has 0 fully saturated rings. The number of ether oxygens (including phenoxy) is 1. The summed E-state index contributed by atoms with van der Waals surface area (Å²) in [7, 11) is 0. The van der Waals surface area contributed by atoms with Crippen molar-refractivity contribution in [1.29, 1.82) is 5.26 Å². The zero-order chi connectivity index (χ0) is 19.6. The van der Waals surface area contributed by atoms with E-state index in [0.29, 0.717) is 17.7 Å². The van der Waals surface area contributed by atoms with Gasteiger partial charge in [-0.3, -0.25) is 4.79 Å². The van der Waals surface area contributed by atoms with Crippen molar-refractivity contribution >= 4 is 6.47 Å². The Balaban J connectivity index is 2.06. The van der Waals surface area contributed by atoms with Crippen LogP contribution in [0.2, 0.25) is 0 Å². The van der Waals surface area contributed by atoms with Gasteiger partial charge in [-0.25, -0.2) is 17.6 Å². The number of nitriles is 1. The molecule has 7 heteroatoms. The second-order valence-electron chi connectivity index (χ2n) is 5.48. The second-order valence-corrected chi connectivity index (χ2v) is 5.48. The Morgan fingerprint density at radius 2 is 1.30 bits per heavy atom. The van der Waals surface area contributed by atoms with E-state index in [2.05, 4.69) is 4.74 Å². The maximum atomic E-state index is 14.5. The van der Waals surface area contributed by atoms with E-state index in [1.165, 1.54) is 30.3 Å². The zero-order valence-corrected chi connectivity index (χ0v) is 13.5. The lowest BCUT2D eigenvalue weighted by Crippen LogP contribution is -1.97. The molecule has 0 unspecified atom stereocenters. The second kappa shape index (κ2) is 7.30. The van der Waals surface area contributed by atoms with Gasteiger partial charge in [-0.15, -0.1) is 0 Å². The summed E-state index contributed by atoms with van der Waals surface area (Å²) in [6, 6.07) is 10.7. The molecule has 0 spiro atoms. The van der Waals surface area contributed by atoms with E-state index >= 15 is 0 Å². The minimum Gasteiger partial charge on any atom is -0.429 e. The maximum Gasteiger partial charge on any atom is 0.298 e. The Morgan fingerprint density at radius 3 is 1.78 bits per heavy atom. The van der Waals surface area contributed by atoms with Crippen LogP contribution in [0.1, 0.15) is 5.56 Å². The molecule has 0 heterocycles. The van der Waals surface area contributed by atoms with Gasteiger partial charge in [-0.2, -0.15) is 5.26 Å². The van der Waals surface area contributed by atoms with E-state index in [-0.39, 0.29) is 23.3 Å². The lowest BCUT2D eigenvalue weighted by Gasteiger charge is -2.10. The molecular formula is C20H9F4NO2. The molecule has 134 valence electrons. The summed E-state index contributed by atoms with van der Waals surface area (Å²) >= 11 is 0.